The molecule has 0 fully saturated rings. The average Bonchev–Trinajstić information content (AvgIpc) is 1.86. The summed E-state index contributed by atoms with van der Waals surface area (Å²) in [5.41, 5.74) is 0. The van der Waals surface area contributed by atoms with Crippen molar-refractivity contribution in [1.82, 2.24) is 0 Å². The molecular formula is C6H11O4P. The molecule has 0 aliphatic carbocycles. The summed E-state index contributed by atoms with van der Waals surface area (Å²) in [7, 11) is -3.19. The second kappa shape index (κ2) is 4.31. The molecule has 4 nitrogen and oxygen atoms in total. The molecular weight excluding hydrogens is 167 g/mol. The van der Waals surface area contributed by atoms with Crippen LogP contribution in [0.5, 0.6) is 0 Å². The lowest BCUT2D eigenvalue weighted by Crippen LogP contribution is -1.99. The van der Waals surface area contributed by atoms with Gasteiger partial charge in [0.2, 0.25) is 0 Å². The summed E-state index contributed by atoms with van der Waals surface area (Å²) in [5, 5.41) is 0. The van der Waals surface area contributed by atoms with Crippen molar-refractivity contribution < 1.29 is 18.4 Å². The molecule has 0 heterocycles. The maximum Gasteiger partial charge on any atom is 0.378 e. The molecule has 1 atom stereocenters. The third-order valence-electron chi connectivity index (χ3n) is 0.786. The van der Waals surface area contributed by atoms with E-state index >= 15 is 0 Å². The van der Waals surface area contributed by atoms with Crippen LogP contribution in [-0.2, 0) is 18.4 Å². The Morgan fingerprint density at radius 2 is 2.27 bits per heavy atom. The van der Waals surface area contributed by atoms with Crippen LogP contribution in [-0.4, -0.2) is 19.2 Å². The van der Waals surface area contributed by atoms with Gasteiger partial charge in [-0.05, 0) is 6.92 Å². The molecule has 0 aromatic heterocycles. The molecule has 0 aromatic rings. The molecule has 0 radical (unpaired) electrons. The summed E-state index contributed by atoms with van der Waals surface area (Å²) >= 11 is 0. The Balaban J connectivity index is 4.01. The zero-order valence-corrected chi connectivity index (χ0v) is 7.47. The van der Waals surface area contributed by atoms with Crippen LogP contribution in [0.1, 0.15) is 6.92 Å². The number of hydrogen-bond donors (Lipinski definition) is 0. The smallest absolute Gasteiger partial charge is 0.378 e. The number of rotatable bonds is 4. The van der Waals surface area contributed by atoms with Crippen molar-refractivity contribution in [3.05, 3.63) is 12.7 Å². The standard InChI is InChI=1S/C6H11O4P/c1-4-6(7)10-11(3,8)9-5-2/h4H,1,5H2,2-3H3. The SMILES string of the molecule is C=CC(=O)OP(C)(=O)OCC. The minimum atomic E-state index is -3.19. The van der Waals surface area contributed by atoms with Crippen molar-refractivity contribution in [2.24, 2.45) is 0 Å². The monoisotopic (exact) mass is 178 g/mol. The minimum Gasteiger partial charge on any atom is -0.388 e. The summed E-state index contributed by atoms with van der Waals surface area (Å²) in [6.07, 6.45) is 0.940. The Morgan fingerprint density at radius 1 is 1.73 bits per heavy atom. The summed E-state index contributed by atoms with van der Waals surface area (Å²) in [4.78, 5) is 10.5. The lowest BCUT2D eigenvalue weighted by molar-refractivity contribution is -0.129. The molecule has 0 N–H and O–H groups in total. The first-order chi connectivity index (χ1) is 5.02. The van der Waals surface area contributed by atoms with Gasteiger partial charge < -0.3 is 9.05 Å². The van der Waals surface area contributed by atoms with Crippen LogP contribution >= 0.6 is 7.60 Å². The molecule has 0 spiro atoms. The maximum absolute atomic E-state index is 11.1. The van der Waals surface area contributed by atoms with E-state index in [-0.39, 0.29) is 6.61 Å². The zero-order valence-electron chi connectivity index (χ0n) is 6.57. The second-order valence-corrected chi connectivity index (χ2v) is 3.79. The Hall–Kier alpha value is -0.600. The quantitative estimate of drug-likeness (QED) is 0.484. The fraction of sp³-hybridized carbons (Fsp3) is 0.500. The van der Waals surface area contributed by atoms with Gasteiger partial charge in [0.15, 0.2) is 0 Å². The normalized spacial score (nSPS) is 15.1. The van der Waals surface area contributed by atoms with Crippen LogP contribution < -0.4 is 0 Å². The van der Waals surface area contributed by atoms with E-state index in [1.807, 2.05) is 0 Å². The Labute approximate surface area is 65.7 Å². The van der Waals surface area contributed by atoms with Gasteiger partial charge in [0.05, 0.1) is 13.3 Å². The van der Waals surface area contributed by atoms with E-state index in [2.05, 4.69) is 15.6 Å². The lowest BCUT2D eigenvalue weighted by atomic mass is 10.7. The van der Waals surface area contributed by atoms with Crippen LogP contribution in [0, 0.1) is 0 Å². The topological polar surface area (TPSA) is 52.6 Å². The van der Waals surface area contributed by atoms with Crippen molar-refractivity contribution in [3.8, 4) is 0 Å². The average molecular weight is 178 g/mol. The van der Waals surface area contributed by atoms with Gasteiger partial charge in [-0.1, -0.05) is 6.58 Å². The van der Waals surface area contributed by atoms with E-state index in [4.69, 9.17) is 0 Å². The molecule has 0 amide bonds. The maximum atomic E-state index is 11.1. The van der Waals surface area contributed by atoms with Gasteiger partial charge in [-0.25, -0.2) is 9.36 Å². The molecule has 0 saturated heterocycles. The van der Waals surface area contributed by atoms with Crippen molar-refractivity contribution in [2.75, 3.05) is 13.3 Å². The molecule has 0 rings (SSSR count). The Kier molecular flexibility index (Phi) is 4.08. The van der Waals surface area contributed by atoms with E-state index in [0.717, 1.165) is 6.08 Å². The molecule has 0 aromatic carbocycles. The van der Waals surface area contributed by atoms with Crippen LogP contribution in [0.3, 0.4) is 0 Å². The number of carbonyl (C=O) groups is 1. The van der Waals surface area contributed by atoms with E-state index in [9.17, 15) is 9.36 Å². The van der Waals surface area contributed by atoms with Crippen molar-refractivity contribution in [3.63, 3.8) is 0 Å². The third kappa shape index (κ3) is 4.76. The van der Waals surface area contributed by atoms with Crippen LogP contribution in [0.4, 0.5) is 0 Å². The first-order valence-electron chi connectivity index (χ1n) is 3.10. The van der Waals surface area contributed by atoms with E-state index in [0.29, 0.717) is 0 Å². The van der Waals surface area contributed by atoms with Gasteiger partial charge in [0.25, 0.3) is 0 Å². The van der Waals surface area contributed by atoms with Gasteiger partial charge in [-0.3, -0.25) is 0 Å². The van der Waals surface area contributed by atoms with Crippen LogP contribution in [0.15, 0.2) is 12.7 Å². The minimum absolute atomic E-state index is 0.248. The van der Waals surface area contributed by atoms with Crippen molar-refractivity contribution in [2.45, 2.75) is 6.92 Å². The predicted molar refractivity (Wildman–Crippen MR) is 41.4 cm³/mol. The first-order valence-corrected chi connectivity index (χ1v) is 5.09. The molecule has 0 bridgehead atoms. The highest BCUT2D eigenvalue weighted by atomic mass is 31.2. The molecule has 0 saturated carbocycles. The van der Waals surface area contributed by atoms with E-state index < -0.39 is 13.6 Å². The number of hydrogen-bond acceptors (Lipinski definition) is 4. The fourth-order valence-corrected chi connectivity index (χ4v) is 1.38. The summed E-state index contributed by atoms with van der Waals surface area (Å²) in [6, 6.07) is 0. The predicted octanol–water partition coefficient (Wildman–Crippen LogP) is 1.57. The fourth-order valence-electron chi connectivity index (χ4n) is 0.462. The second-order valence-electron chi connectivity index (χ2n) is 1.80. The third-order valence-corrected chi connectivity index (χ3v) is 2.02. The van der Waals surface area contributed by atoms with Gasteiger partial charge in [0, 0.05) is 6.08 Å². The zero-order chi connectivity index (χ0) is 8.91. The largest absolute Gasteiger partial charge is 0.388 e. The Morgan fingerprint density at radius 3 is 2.64 bits per heavy atom. The highest BCUT2D eigenvalue weighted by Gasteiger charge is 2.18. The summed E-state index contributed by atoms with van der Waals surface area (Å²) in [5.74, 6) is -0.732. The van der Waals surface area contributed by atoms with Gasteiger partial charge in [0.1, 0.15) is 0 Å². The van der Waals surface area contributed by atoms with Crippen LogP contribution in [0.25, 0.3) is 0 Å². The highest BCUT2D eigenvalue weighted by molar-refractivity contribution is 7.53. The molecule has 11 heavy (non-hydrogen) atoms. The van der Waals surface area contributed by atoms with E-state index in [1.165, 1.54) is 6.66 Å². The van der Waals surface area contributed by atoms with Crippen molar-refractivity contribution >= 4 is 13.6 Å². The summed E-state index contributed by atoms with van der Waals surface area (Å²) in [6.45, 7) is 6.30. The lowest BCUT2D eigenvalue weighted by Gasteiger charge is -2.10. The van der Waals surface area contributed by atoms with Gasteiger partial charge >= 0.3 is 13.6 Å². The molecule has 5 heteroatoms. The first kappa shape index (κ1) is 10.4. The summed E-state index contributed by atoms with van der Waals surface area (Å²) < 4.78 is 20.1. The number of carbonyl (C=O) groups excluding carboxylic acids is 1. The highest BCUT2D eigenvalue weighted by Crippen LogP contribution is 2.43. The Bertz CT molecular complexity index is 199. The molecule has 1 unspecified atom stereocenters. The van der Waals surface area contributed by atoms with Crippen molar-refractivity contribution in [1.29, 1.82) is 0 Å². The molecule has 0 aliphatic heterocycles. The molecule has 0 aliphatic rings. The van der Waals surface area contributed by atoms with Gasteiger partial charge in [-0.15, -0.1) is 0 Å². The van der Waals surface area contributed by atoms with Crippen LogP contribution in [0.2, 0.25) is 0 Å². The molecule has 64 valence electrons. The van der Waals surface area contributed by atoms with E-state index in [1.54, 1.807) is 6.92 Å². The van der Waals surface area contributed by atoms with Gasteiger partial charge in [-0.2, -0.15) is 0 Å².